The highest BCUT2D eigenvalue weighted by atomic mass is 16.5. The number of piperidine rings is 1. The quantitative estimate of drug-likeness (QED) is 0.896. The van der Waals surface area contributed by atoms with Gasteiger partial charge in [-0.2, -0.15) is 0 Å². The zero-order valence-corrected chi connectivity index (χ0v) is 12.5. The molecule has 0 aromatic carbocycles. The van der Waals surface area contributed by atoms with Crippen LogP contribution < -0.4 is 5.73 Å². The molecule has 1 aromatic heterocycles. The molecule has 112 valence electrons. The molecule has 0 aliphatic carbocycles. The topological polar surface area (TPSA) is 60.5 Å². The lowest BCUT2D eigenvalue weighted by atomic mass is 9.97. The number of aromatic nitrogens is 1. The number of rotatable bonds is 5. The molecule has 1 aromatic rings. The molecule has 2 N–H and O–H groups in total. The van der Waals surface area contributed by atoms with Crippen molar-refractivity contribution in [3.63, 3.8) is 0 Å². The number of amides is 1. The Kier molecular flexibility index (Phi) is 5.06. The molecule has 1 fully saturated rings. The Morgan fingerprint density at radius 2 is 2.15 bits per heavy atom. The summed E-state index contributed by atoms with van der Waals surface area (Å²) in [6.07, 6.45) is 4.88. The first-order valence-corrected chi connectivity index (χ1v) is 7.39. The molecule has 0 atom stereocenters. The van der Waals surface area contributed by atoms with Gasteiger partial charge in [0.1, 0.15) is 5.69 Å². The second-order valence-corrected chi connectivity index (χ2v) is 5.54. The number of carbonyl (C=O) groups excluding carboxylic acids is 1. The third kappa shape index (κ3) is 3.33. The highest BCUT2D eigenvalue weighted by Gasteiger charge is 2.25. The van der Waals surface area contributed by atoms with E-state index < -0.39 is 0 Å². The SMILES string of the molecule is CCCn1cc(N)cc1C(=O)N1CCC(COC)CC1. The fraction of sp³-hybridized carbons (Fsp3) is 0.667. The van der Waals surface area contributed by atoms with Crippen LogP contribution in [0.2, 0.25) is 0 Å². The van der Waals surface area contributed by atoms with E-state index in [1.807, 2.05) is 15.7 Å². The number of ether oxygens (including phenoxy) is 1. The molecule has 1 aliphatic rings. The molecule has 2 rings (SSSR count). The van der Waals surface area contributed by atoms with E-state index in [9.17, 15) is 4.79 Å². The molecular weight excluding hydrogens is 254 g/mol. The molecule has 0 spiro atoms. The van der Waals surface area contributed by atoms with Gasteiger partial charge in [0.15, 0.2) is 0 Å². The number of hydrogen-bond donors (Lipinski definition) is 1. The summed E-state index contributed by atoms with van der Waals surface area (Å²) in [4.78, 5) is 14.5. The molecule has 1 amide bonds. The highest BCUT2D eigenvalue weighted by Crippen LogP contribution is 2.21. The normalized spacial score (nSPS) is 16.6. The number of anilines is 1. The van der Waals surface area contributed by atoms with Crippen molar-refractivity contribution < 1.29 is 9.53 Å². The van der Waals surface area contributed by atoms with Crippen molar-refractivity contribution in [1.29, 1.82) is 0 Å². The van der Waals surface area contributed by atoms with Gasteiger partial charge in [0.05, 0.1) is 5.69 Å². The predicted molar refractivity (Wildman–Crippen MR) is 79.6 cm³/mol. The number of aryl methyl sites for hydroxylation is 1. The van der Waals surface area contributed by atoms with E-state index in [2.05, 4.69) is 6.92 Å². The number of nitrogens with zero attached hydrogens (tertiary/aromatic N) is 2. The van der Waals surface area contributed by atoms with E-state index >= 15 is 0 Å². The van der Waals surface area contributed by atoms with Crippen LogP contribution in [0.4, 0.5) is 5.69 Å². The van der Waals surface area contributed by atoms with Gasteiger partial charge in [0.2, 0.25) is 0 Å². The van der Waals surface area contributed by atoms with Crippen molar-refractivity contribution in [2.24, 2.45) is 5.92 Å². The van der Waals surface area contributed by atoms with E-state index in [0.29, 0.717) is 11.6 Å². The van der Waals surface area contributed by atoms with Gasteiger partial charge in [-0.1, -0.05) is 6.92 Å². The van der Waals surface area contributed by atoms with Crippen LogP contribution in [0.15, 0.2) is 12.3 Å². The molecular formula is C15H25N3O2. The van der Waals surface area contributed by atoms with E-state index in [0.717, 1.165) is 51.2 Å². The van der Waals surface area contributed by atoms with Gasteiger partial charge in [-0.15, -0.1) is 0 Å². The first-order valence-electron chi connectivity index (χ1n) is 7.39. The molecule has 0 unspecified atom stereocenters. The first-order chi connectivity index (χ1) is 9.65. The first kappa shape index (κ1) is 14.9. The summed E-state index contributed by atoms with van der Waals surface area (Å²) in [6.45, 7) is 5.34. The summed E-state index contributed by atoms with van der Waals surface area (Å²) >= 11 is 0. The number of nitrogen functional groups attached to an aromatic ring is 1. The van der Waals surface area contributed by atoms with Crippen molar-refractivity contribution >= 4 is 11.6 Å². The van der Waals surface area contributed by atoms with Gasteiger partial charge in [0, 0.05) is 39.5 Å². The number of likely N-dealkylation sites (tertiary alicyclic amines) is 1. The molecule has 20 heavy (non-hydrogen) atoms. The molecule has 5 heteroatoms. The fourth-order valence-corrected chi connectivity index (χ4v) is 2.84. The second kappa shape index (κ2) is 6.79. The zero-order chi connectivity index (χ0) is 14.5. The Bertz CT molecular complexity index is 448. The van der Waals surface area contributed by atoms with Crippen LogP contribution in [0.25, 0.3) is 0 Å². The molecule has 1 saturated heterocycles. The third-order valence-electron chi connectivity index (χ3n) is 3.91. The standard InChI is InChI=1S/C15H25N3O2/c1-3-6-18-10-13(16)9-14(18)15(19)17-7-4-12(5-8-17)11-20-2/h9-10,12H,3-8,11,16H2,1-2H3. The van der Waals surface area contributed by atoms with Crippen molar-refractivity contribution in [2.75, 3.05) is 32.5 Å². The van der Waals surface area contributed by atoms with Crippen molar-refractivity contribution in [2.45, 2.75) is 32.7 Å². The number of nitrogens with two attached hydrogens (primary N) is 1. The Labute approximate surface area is 120 Å². The van der Waals surface area contributed by atoms with Crippen molar-refractivity contribution in [3.05, 3.63) is 18.0 Å². The van der Waals surface area contributed by atoms with Gasteiger partial charge in [0.25, 0.3) is 5.91 Å². The smallest absolute Gasteiger partial charge is 0.270 e. The maximum Gasteiger partial charge on any atom is 0.270 e. The lowest BCUT2D eigenvalue weighted by molar-refractivity contribution is 0.0604. The highest BCUT2D eigenvalue weighted by molar-refractivity contribution is 5.93. The van der Waals surface area contributed by atoms with E-state index in [1.165, 1.54) is 0 Å². The number of hydrogen-bond acceptors (Lipinski definition) is 3. The largest absolute Gasteiger partial charge is 0.397 e. The summed E-state index contributed by atoms with van der Waals surface area (Å²) in [7, 11) is 1.73. The van der Waals surface area contributed by atoms with Gasteiger partial charge in [-0.25, -0.2) is 0 Å². The minimum absolute atomic E-state index is 0.103. The van der Waals surface area contributed by atoms with Gasteiger partial charge >= 0.3 is 0 Å². The summed E-state index contributed by atoms with van der Waals surface area (Å²) < 4.78 is 7.16. The third-order valence-corrected chi connectivity index (χ3v) is 3.91. The zero-order valence-electron chi connectivity index (χ0n) is 12.5. The van der Waals surface area contributed by atoms with Gasteiger partial charge in [-0.05, 0) is 31.2 Å². The van der Waals surface area contributed by atoms with Crippen molar-refractivity contribution in [3.8, 4) is 0 Å². The van der Waals surface area contributed by atoms with Crippen LogP contribution in [0.5, 0.6) is 0 Å². The Balaban J connectivity index is 2.01. The van der Waals surface area contributed by atoms with Crippen LogP contribution in [0, 0.1) is 5.92 Å². The van der Waals surface area contributed by atoms with E-state index in [4.69, 9.17) is 10.5 Å². The average molecular weight is 279 g/mol. The Morgan fingerprint density at radius 3 is 2.75 bits per heavy atom. The van der Waals surface area contributed by atoms with Crippen LogP contribution in [0.3, 0.4) is 0 Å². The molecule has 5 nitrogen and oxygen atoms in total. The molecule has 1 aliphatic heterocycles. The van der Waals surface area contributed by atoms with Crippen molar-refractivity contribution in [1.82, 2.24) is 9.47 Å². The Morgan fingerprint density at radius 1 is 1.45 bits per heavy atom. The summed E-state index contributed by atoms with van der Waals surface area (Å²) in [5, 5.41) is 0. The molecule has 0 saturated carbocycles. The summed E-state index contributed by atoms with van der Waals surface area (Å²) in [5.74, 6) is 0.683. The second-order valence-electron chi connectivity index (χ2n) is 5.54. The Hall–Kier alpha value is -1.49. The summed E-state index contributed by atoms with van der Waals surface area (Å²) in [5.41, 5.74) is 7.21. The number of methoxy groups -OCH3 is 1. The average Bonchev–Trinajstić information content (AvgIpc) is 2.81. The van der Waals surface area contributed by atoms with E-state index in [-0.39, 0.29) is 5.91 Å². The maximum absolute atomic E-state index is 12.6. The lowest BCUT2D eigenvalue weighted by Gasteiger charge is -2.31. The minimum Gasteiger partial charge on any atom is -0.397 e. The van der Waals surface area contributed by atoms with Crippen LogP contribution in [0.1, 0.15) is 36.7 Å². The van der Waals surface area contributed by atoms with E-state index in [1.54, 1.807) is 13.2 Å². The van der Waals surface area contributed by atoms with Gasteiger partial charge < -0.3 is 19.9 Å². The lowest BCUT2D eigenvalue weighted by Crippen LogP contribution is -2.40. The number of carbonyl (C=O) groups is 1. The van der Waals surface area contributed by atoms with Crippen LogP contribution in [-0.2, 0) is 11.3 Å². The maximum atomic E-state index is 12.6. The fourth-order valence-electron chi connectivity index (χ4n) is 2.84. The van der Waals surface area contributed by atoms with Crippen LogP contribution >= 0.6 is 0 Å². The molecule has 2 heterocycles. The molecule has 0 bridgehead atoms. The predicted octanol–water partition coefficient (Wildman–Crippen LogP) is 1.98. The van der Waals surface area contributed by atoms with Crippen LogP contribution in [-0.4, -0.2) is 42.2 Å². The molecule has 0 radical (unpaired) electrons. The monoisotopic (exact) mass is 279 g/mol. The minimum atomic E-state index is 0.103. The van der Waals surface area contributed by atoms with Gasteiger partial charge in [-0.3, -0.25) is 4.79 Å². The summed E-state index contributed by atoms with van der Waals surface area (Å²) in [6, 6.07) is 1.79.